The molecule has 22 heavy (non-hydrogen) atoms. The van der Waals surface area contributed by atoms with E-state index >= 15 is 0 Å². The maximum absolute atomic E-state index is 12.9. The number of nitrogens with one attached hydrogen (secondary N) is 1. The fraction of sp³-hybridized carbons (Fsp3) is 0.625. The number of rotatable bonds is 4. The molecule has 0 aromatic heterocycles. The van der Waals surface area contributed by atoms with Crippen LogP contribution in [0.4, 0.5) is 13.2 Å². The second kappa shape index (κ2) is 8.18. The minimum absolute atomic E-state index is 0. The molecule has 1 aromatic rings. The van der Waals surface area contributed by atoms with Crippen LogP contribution in [0.5, 0.6) is 0 Å². The number of hydrogen-bond acceptors (Lipinski definition) is 2. The van der Waals surface area contributed by atoms with Crippen molar-refractivity contribution in [1.29, 1.82) is 0 Å². The average molecular weight is 337 g/mol. The van der Waals surface area contributed by atoms with Crippen LogP contribution in [0.3, 0.4) is 0 Å². The van der Waals surface area contributed by atoms with Crippen molar-refractivity contribution in [1.82, 2.24) is 10.2 Å². The molecule has 0 unspecified atom stereocenters. The Morgan fingerprint density at radius 2 is 1.55 bits per heavy atom. The third-order valence-electron chi connectivity index (χ3n) is 4.01. The van der Waals surface area contributed by atoms with E-state index in [0.717, 1.165) is 24.2 Å². The highest BCUT2D eigenvalue weighted by Crippen LogP contribution is 2.34. The van der Waals surface area contributed by atoms with E-state index in [2.05, 4.69) is 19.2 Å². The lowest BCUT2D eigenvalue weighted by atomic mass is 9.96. The van der Waals surface area contributed by atoms with Gasteiger partial charge in [0.1, 0.15) is 0 Å². The van der Waals surface area contributed by atoms with Crippen molar-refractivity contribution >= 4 is 12.4 Å². The Kier molecular flexibility index (Phi) is 7.16. The fourth-order valence-electron chi connectivity index (χ4n) is 2.77. The Morgan fingerprint density at radius 1 is 1.05 bits per heavy atom. The van der Waals surface area contributed by atoms with Gasteiger partial charge in [0.2, 0.25) is 0 Å². The number of hydrogen-bond donors (Lipinski definition) is 1. The molecule has 0 bridgehead atoms. The second-order valence-corrected chi connectivity index (χ2v) is 5.94. The van der Waals surface area contributed by atoms with Gasteiger partial charge in [0.15, 0.2) is 0 Å². The van der Waals surface area contributed by atoms with E-state index in [-0.39, 0.29) is 12.4 Å². The monoisotopic (exact) mass is 336 g/mol. The first-order chi connectivity index (χ1) is 9.87. The van der Waals surface area contributed by atoms with Crippen molar-refractivity contribution in [2.75, 3.05) is 26.2 Å². The van der Waals surface area contributed by atoms with E-state index in [1.54, 1.807) is 0 Å². The number of halogens is 4. The first kappa shape index (κ1) is 19.3. The zero-order valence-corrected chi connectivity index (χ0v) is 13.8. The minimum Gasteiger partial charge on any atom is -0.314 e. The predicted octanol–water partition coefficient (Wildman–Crippen LogP) is 4.13. The molecule has 1 atom stereocenters. The van der Waals surface area contributed by atoms with Gasteiger partial charge < -0.3 is 5.32 Å². The number of alkyl halides is 3. The smallest absolute Gasteiger partial charge is 0.314 e. The molecule has 2 nitrogen and oxygen atoms in total. The first-order valence-corrected chi connectivity index (χ1v) is 7.48. The van der Waals surface area contributed by atoms with Crippen LogP contribution in [0.2, 0.25) is 0 Å². The lowest BCUT2D eigenvalue weighted by Gasteiger charge is -2.35. The van der Waals surface area contributed by atoms with Crippen molar-refractivity contribution in [2.45, 2.75) is 38.4 Å². The standard InChI is InChI=1S/C16H23F3N2.ClH/c1-12(2)13-3-5-14(6-4-13)15(11-16(17,18)19)21-9-7-20-8-10-21;/h3-6,12,15,20H,7-11H2,1-2H3;1H/t15-;/m0./s1. The summed E-state index contributed by atoms with van der Waals surface area (Å²) in [6.07, 6.45) is -4.93. The molecule has 1 fully saturated rings. The SMILES string of the molecule is CC(C)c1ccc([C@H](CC(F)(F)F)N2CCNCC2)cc1.Cl. The summed E-state index contributed by atoms with van der Waals surface area (Å²) in [5.74, 6) is 0.388. The molecule has 1 N–H and O–H groups in total. The van der Waals surface area contributed by atoms with Gasteiger partial charge in [0.25, 0.3) is 0 Å². The highest BCUT2D eigenvalue weighted by atomic mass is 35.5. The van der Waals surface area contributed by atoms with Crippen LogP contribution in [0.15, 0.2) is 24.3 Å². The van der Waals surface area contributed by atoms with Gasteiger partial charge in [0.05, 0.1) is 6.42 Å². The summed E-state index contributed by atoms with van der Waals surface area (Å²) in [5.41, 5.74) is 1.92. The molecule has 0 radical (unpaired) electrons. The summed E-state index contributed by atoms with van der Waals surface area (Å²) in [6, 6.07) is 7.03. The summed E-state index contributed by atoms with van der Waals surface area (Å²) >= 11 is 0. The third-order valence-corrected chi connectivity index (χ3v) is 4.01. The minimum atomic E-state index is -4.15. The summed E-state index contributed by atoms with van der Waals surface area (Å²) in [7, 11) is 0. The highest BCUT2D eigenvalue weighted by Gasteiger charge is 2.35. The largest absolute Gasteiger partial charge is 0.390 e. The van der Waals surface area contributed by atoms with E-state index in [1.807, 2.05) is 29.2 Å². The topological polar surface area (TPSA) is 15.3 Å². The lowest BCUT2D eigenvalue weighted by molar-refractivity contribution is -0.148. The predicted molar refractivity (Wildman–Crippen MR) is 85.6 cm³/mol. The molecule has 126 valence electrons. The van der Waals surface area contributed by atoms with E-state index < -0.39 is 18.6 Å². The summed E-state index contributed by atoms with van der Waals surface area (Å²) in [4.78, 5) is 1.94. The molecular weight excluding hydrogens is 313 g/mol. The molecule has 0 spiro atoms. The number of piperazine rings is 1. The Labute approximate surface area is 136 Å². The summed E-state index contributed by atoms with van der Waals surface area (Å²) in [5, 5.41) is 3.19. The van der Waals surface area contributed by atoms with Crippen molar-refractivity contribution < 1.29 is 13.2 Å². The van der Waals surface area contributed by atoms with Gasteiger partial charge in [-0.05, 0) is 17.0 Å². The Morgan fingerprint density at radius 3 is 2.00 bits per heavy atom. The van der Waals surface area contributed by atoms with Gasteiger partial charge in [0, 0.05) is 32.2 Å². The van der Waals surface area contributed by atoms with Crippen LogP contribution in [-0.4, -0.2) is 37.3 Å². The molecule has 1 aromatic carbocycles. The van der Waals surface area contributed by atoms with Gasteiger partial charge in [-0.1, -0.05) is 38.1 Å². The zero-order valence-electron chi connectivity index (χ0n) is 13.0. The van der Waals surface area contributed by atoms with Gasteiger partial charge in [-0.15, -0.1) is 12.4 Å². The van der Waals surface area contributed by atoms with E-state index in [1.165, 1.54) is 0 Å². The molecule has 0 amide bonds. The molecule has 6 heteroatoms. The zero-order chi connectivity index (χ0) is 15.5. The van der Waals surface area contributed by atoms with Crippen LogP contribution in [0.25, 0.3) is 0 Å². The van der Waals surface area contributed by atoms with Crippen LogP contribution in [-0.2, 0) is 0 Å². The van der Waals surface area contributed by atoms with Crippen molar-refractivity contribution in [3.05, 3.63) is 35.4 Å². The maximum atomic E-state index is 12.9. The number of nitrogens with zero attached hydrogens (tertiary/aromatic N) is 1. The van der Waals surface area contributed by atoms with Crippen LogP contribution < -0.4 is 5.32 Å². The average Bonchev–Trinajstić information content (AvgIpc) is 2.45. The quantitative estimate of drug-likeness (QED) is 0.889. The molecule has 2 rings (SSSR count). The summed E-state index contributed by atoms with van der Waals surface area (Å²) in [6.45, 7) is 6.98. The lowest BCUT2D eigenvalue weighted by Crippen LogP contribution is -2.46. The van der Waals surface area contributed by atoms with Crippen LogP contribution >= 0.6 is 12.4 Å². The Hall–Kier alpha value is -0.780. The van der Waals surface area contributed by atoms with E-state index in [9.17, 15) is 13.2 Å². The van der Waals surface area contributed by atoms with Gasteiger partial charge in [-0.2, -0.15) is 13.2 Å². The Balaban J connectivity index is 0.00000242. The van der Waals surface area contributed by atoms with E-state index in [0.29, 0.717) is 19.0 Å². The van der Waals surface area contributed by atoms with Crippen molar-refractivity contribution in [3.8, 4) is 0 Å². The number of benzene rings is 1. The molecule has 1 aliphatic heterocycles. The van der Waals surface area contributed by atoms with E-state index in [4.69, 9.17) is 0 Å². The molecule has 1 aliphatic rings. The van der Waals surface area contributed by atoms with Crippen molar-refractivity contribution in [3.63, 3.8) is 0 Å². The Bertz CT molecular complexity index is 440. The molecule has 0 saturated carbocycles. The second-order valence-electron chi connectivity index (χ2n) is 5.94. The van der Waals surface area contributed by atoms with Crippen molar-refractivity contribution in [2.24, 2.45) is 0 Å². The maximum Gasteiger partial charge on any atom is 0.390 e. The highest BCUT2D eigenvalue weighted by molar-refractivity contribution is 5.85. The van der Waals surface area contributed by atoms with Crippen LogP contribution in [0, 0.1) is 0 Å². The fourth-order valence-corrected chi connectivity index (χ4v) is 2.77. The first-order valence-electron chi connectivity index (χ1n) is 7.48. The van der Waals surface area contributed by atoms with Gasteiger partial charge >= 0.3 is 6.18 Å². The molecule has 1 heterocycles. The summed E-state index contributed by atoms with van der Waals surface area (Å²) < 4.78 is 38.7. The molecular formula is C16H24ClF3N2. The molecule has 0 aliphatic carbocycles. The van der Waals surface area contributed by atoms with Gasteiger partial charge in [-0.3, -0.25) is 4.90 Å². The van der Waals surface area contributed by atoms with Gasteiger partial charge in [-0.25, -0.2) is 0 Å². The van der Waals surface area contributed by atoms with Crippen LogP contribution in [0.1, 0.15) is 43.4 Å². The normalized spacial score (nSPS) is 18.1. The third kappa shape index (κ3) is 5.45. The molecule has 1 saturated heterocycles.